The molecular weight excluding hydrogens is 372 g/mol. The van der Waals surface area contributed by atoms with Crippen molar-refractivity contribution in [3.63, 3.8) is 0 Å². The summed E-state index contributed by atoms with van der Waals surface area (Å²) in [6, 6.07) is 15.6. The minimum atomic E-state index is -0.0610. The summed E-state index contributed by atoms with van der Waals surface area (Å²) in [6.45, 7) is 0.566. The van der Waals surface area contributed by atoms with Crippen molar-refractivity contribution in [1.29, 1.82) is 0 Å². The van der Waals surface area contributed by atoms with E-state index in [0.717, 1.165) is 17.4 Å². The highest BCUT2D eigenvalue weighted by Crippen LogP contribution is 2.26. The van der Waals surface area contributed by atoms with Gasteiger partial charge in [-0.2, -0.15) is 0 Å². The summed E-state index contributed by atoms with van der Waals surface area (Å²) < 4.78 is 0. The Hall–Kier alpha value is -3.09. The molecule has 3 aromatic heterocycles. The molecule has 0 saturated carbocycles. The van der Waals surface area contributed by atoms with Crippen molar-refractivity contribution in [1.82, 2.24) is 19.9 Å². The molecule has 3 heterocycles. The minimum absolute atomic E-state index is 0.0610. The lowest BCUT2D eigenvalue weighted by molar-refractivity contribution is 0.698. The third-order valence-corrected chi connectivity index (χ3v) is 4.57. The second kappa shape index (κ2) is 8.29. The second-order valence-corrected chi connectivity index (χ2v) is 6.87. The fourth-order valence-corrected chi connectivity index (χ4v) is 3.15. The predicted molar refractivity (Wildman–Crippen MR) is 112 cm³/mol. The lowest BCUT2D eigenvalue weighted by atomic mass is 10.1. The highest BCUT2D eigenvalue weighted by atomic mass is 35.5. The Bertz CT molecular complexity index is 1070. The van der Waals surface area contributed by atoms with Gasteiger partial charge in [0.2, 0.25) is 0 Å². The summed E-state index contributed by atoms with van der Waals surface area (Å²) in [5.74, 6) is 1.28. The number of nitrogens with two attached hydrogens (primary N) is 1. The number of anilines is 1. The van der Waals surface area contributed by atoms with Crippen molar-refractivity contribution >= 4 is 28.3 Å². The van der Waals surface area contributed by atoms with E-state index in [1.54, 1.807) is 24.7 Å². The summed E-state index contributed by atoms with van der Waals surface area (Å²) in [6.07, 6.45) is 5.85. The van der Waals surface area contributed by atoms with Crippen molar-refractivity contribution in [3.8, 4) is 11.4 Å². The molecule has 140 valence electrons. The molecule has 0 aliphatic heterocycles. The highest BCUT2D eigenvalue weighted by molar-refractivity contribution is 6.30. The maximum Gasteiger partial charge on any atom is 0.162 e. The Morgan fingerprint density at radius 1 is 1.04 bits per heavy atom. The van der Waals surface area contributed by atoms with Gasteiger partial charge in [0.05, 0.1) is 11.7 Å². The highest BCUT2D eigenvalue weighted by Gasteiger charge is 2.12. The van der Waals surface area contributed by atoms with Gasteiger partial charge in [-0.3, -0.25) is 4.98 Å². The van der Waals surface area contributed by atoms with Gasteiger partial charge in [0.25, 0.3) is 0 Å². The van der Waals surface area contributed by atoms with Crippen LogP contribution in [0.4, 0.5) is 5.82 Å². The quantitative estimate of drug-likeness (QED) is 0.488. The van der Waals surface area contributed by atoms with Crippen LogP contribution in [0.25, 0.3) is 22.3 Å². The second-order valence-electron chi connectivity index (χ2n) is 6.49. The van der Waals surface area contributed by atoms with E-state index in [1.165, 1.54) is 5.56 Å². The van der Waals surface area contributed by atoms with Crippen LogP contribution < -0.4 is 11.1 Å². The summed E-state index contributed by atoms with van der Waals surface area (Å²) in [4.78, 5) is 17.5. The number of benzene rings is 1. The molecule has 28 heavy (non-hydrogen) atoms. The first-order chi connectivity index (χ1) is 13.7. The number of nitrogens with one attached hydrogen (secondary N) is 1. The van der Waals surface area contributed by atoms with E-state index in [2.05, 4.69) is 32.4 Å². The zero-order chi connectivity index (χ0) is 19.3. The third kappa shape index (κ3) is 4.24. The van der Waals surface area contributed by atoms with Crippen LogP contribution in [0.2, 0.25) is 5.15 Å². The minimum Gasteiger partial charge on any atom is -0.368 e. The average molecular weight is 391 g/mol. The number of halogens is 1. The molecular formula is C21H19ClN6. The molecule has 6 nitrogen and oxygen atoms in total. The van der Waals surface area contributed by atoms with E-state index in [0.29, 0.717) is 28.9 Å². The van der Waals surface area contributed by atoms with E-state index in [1.807, 2.05) is 30.3 Å². The van der Waals surface area contributed by atoms with Crippen molar-refractivity contribution in [3.05, 3.63) is 77.8 Å². The Balaban J connectivity index is 1.62. The molecule has 7 heteroatoms. The number of aromatic nitrogens is 4. The van der Waals surface area contributed by atoms with Crippen LogP contribution in [-0.2, 0) is 6.42 Å². The first-order valence-electron chi connectivity index (χ1n) is 8.96. The van der Waals surface area contributed by atoms with Gasteiger partial charge in [-0.1, -0.05) is 41.9 Å². The molecule has 0 aliphatic rings. The maximum atomic E-state index is 6.32. The first-order valence-corrected chi connectivity index (χ1v) is 9.34. The maximum absolute atomic E-state index is 6.32. The van der Waals surface area contributed by atoms with E-state index < -0.39 is 0 Å². The van der Waals surface area contributed by atoms with E-state index >= 15 is 0 Å². The zero-order valence-electron chi connectivity index (χ0n) is 15.1. The van der Waals surface area contributed by atoms with Crippen LogP contribution in [0.5, 0.6) is 0 Å². The van der Waals surface area contributed by atoms with Crippen LogP contribution in [0.3, 0.4) is 0 Å². The molecule has 0 aliphatic carbocycles. The molecule has 4 aromatic rings. The third-order valence-electron chi connectivity index (χ3n) is 4.36. The van der Waals surface area contributed by atoms with Gasteiger partial charge in [0.1, 0.15) is 11.0 Å². The smallest absolute Gasteiger partial charge is 0.162 e. The lowest BCUT2D eigenvalue weighted by Crippen LogP contribution is -2.31. The van der Waals surface area contributed by atoms with Crippen LogP contribution in [-0.4, -0.2) is 32.5 Å². The summed E-state index contributed by atoms with van der Waals surface area (Å²) in [7, 11) is 0. The Morgan fingerprint density at radius 2 is 1.82 bits per heavy atom. The Labute approximate surface area is 167 Å². The van der Waals surface area contributed by atoms with Gasteiger partial charge >= 0.3 is 0 Å². The van der Waals surface area contributed by atoms with Gasteiger partial charge < -0.3 is 11.1 Å². The fraction of sp³-hybridized carbons (Fsp3) is 0.143. The van der Waals surface area contributed by atoms with Gasteiger partial charge in [-0.15, -0.1) is 0 Å². The summed E-state index contributed by atoms with van der Waals surface area (Å²) in [5, 5.41) is 4.57. The Morgan fingerprint density at radius 3 is 2.61 bits per heavy atom. The molecule has 0 radical (unpaired) electrons. The van der Waals surface area contributed by atoms with Crippen molar-refractivity contribution in [2.24, 2.45) is 5.73 Å². The van der Waals surface area contributed by atoms with Crippen LogP contribution in [0.15, 0.2) is 67.1 Å². The van der Waals surface area contributed by atoms with E-state index in [4.69, 9.17) is 22.3 Å². The number of rotatable bonds is 6. The molecule has 0 amide bonds. The van der Waals surface area contributed by atoms with Crippen LogP contribution >= 0.6 is 11.6 Å². The molecule has 1 aromatic carbocycles. The molecule has 0 bridgehead atoms. The van der Waals surface area contributed by atoms with Gasteiger partial charge in [-0.25, -0.2) is 15.0 Å². The SMILES string of the molecule is NC(CNc1nc(-c2ccncc2)nc2cnc(Cl)cc12)Cc1ccccc1. The molecule has 1 atom stereocenters. The molecule has 1 unspecified atom stereocenters. The number of hydrogen-bond acceptors (Lipinski definition) is 6. The van der Waals surface area contributed by atoms with Crippen molar-refractivity contribution in [2.75, 3.05) is 11.9 Å². The van der Waals surface area contributed by atoms with Gasteiger partial charge in [0.15, 0.2) is 5.82 Å². The zero-order valence-corrected chi connectivity index (χ0v) is 15.8. The predicted octanol–water partition coefficient (Wildman–Crippen LogP) is 3.72. The van der Waals surface area contributed by atoms with Gasteiger partial charge in [-0.05, 0) is 30.2 Å². The topological polar surface area (TPSA) is 89.6 Å². The van der Waals surface area contributed by atoms with Crippen LogP contribution in [0.1, 0.15) is 5.56 Å². The summed E-state index contributed by atoms with van der Waals surface area (Å²) >= 11 is 6.09. The number of fused-ring (bicyclic) bond motifs is 1. The standard InChI is InChI=1S/C21H19ClN6/c22-19-11-17-18(13-25-19)27-20(15-6-8-24-9-7-15)28-21(17)26-12-16(23)10-14-4-2-1-3-5-14/h1-9,11,13,16H,10,12,23H2,(H,26,27,28). The molecule has 0 fully saturated rings. The van der Waals surface area contributed by atoms with E-state index in [-0.39, 0.29) is 6.04 Å². The number of pyridine rings is 2. The molecule has 4 rings (SSSR count). The normalized spacial score (nSPS) is 12.1. The monoisotopic (exact) mass is 390 g/mol. The van der Waals surface area contributed by atoms with Crippen LogP contribution in [0, 0.1) is 0 Å². The fourth-order valence-electron chi connectivity index (χ4n) is 2.99. The largest absolute Gasteiger partial charge is 0.368 e. The summed E-state index contributed by atoms with van der Waals surface area (Å²) in [5.41, 5.74) is 9.12. The van der Waals surface area contributed by atoms with E-state index in [9.17, 15) is 0 Å². The Kier molecular flexibility index (Phi) is 5.41. The number of hydrogen-bond donors (Lipinski definition) is 2. The molecule has 0 saturated heterocycles. The molecule has 0 spiro atoms. The van der Waals surface area contributed by atoms with Crippen molar-refractivity contribution < 1.29 is 0 Å². The molecule has 3 N–H and O–H groups in total. The van der Waals surface area contributed by atoms with Gasteiger partial charge in [0, 0.05) is 35.9 Å². The lowest BCUT2D eigenvalue weighted by Gasteiger charge is -2.15. The first kappa shape index (κ1) is 18.3. The average Bonchev–Trinajstić information content (AvgIpc) is 2.73. The number of nitrogens with zero attached hydrogens (tertiary/aromatic N) is 4. The van der Waals surface area contributed by atoms with Crippen molar-refractivity contribution in [2.45, 2.75) is 12.5 Å².